The lowest BCUT2D eigenvalue weighted by molar-refractivity contribution is 1.34. The third-order valence-electron chi connectivity index (χ3n) is 2.43. The van der Waals surface area contributed by atoms with E-state index in [1.54, 1.807) is 6.21 Å². The van der Waals surface area contributed by atoms with Gasteiger partial charge in [-0.2, -0.15) is 5.10 Å². The summed E-state index contributed by atoms with van der Waals surface area (Å²) >= 11 is 11.9. The molecule has 0 spiro atoms. The lowest BCUT2D eigenvalue weighted by Gasteiger charge is -2.02. The van der Waals surface area contributed by atoms with Gasteiger partial charge < -0.3 is 0 Å². The van der Waals surface area contributed by atoms with Crippen molar-refractivity contribution in [3.05, 3.63) is 63.6 Å². The Balaban J connectivity index is 2.05. The van der Waals surface area contributed by atoms with Crippen molar-refractivity contribution < 1.29 is 0 Å². The number of anilines is 1. The molecule has 0 atom stereocenters. The smallest absolute Gasteiger partial charge is 0.0576 e. The van der Waals surface area contributed by atoms with Crippen LogP contribution in [0.3, 0.4) is 0 Å². The highest BCUT2D eigenvalue weighted by Gasteiger charge is 1.96. The van der Waals surface area contributed by atoms with Gasteiger partial charge in [0.15, 0.2) is 0 Å². The first-order valence-corrected chi connectivity index (χ1v) is 6.21. The highest BCUT2D eigenvalue weighted by Crippen LogP contribution is 2.19. The third-order valence-corrected chi connectivity index (χ3v) is 3.07. The molecule has 0 fully saturated rings. The zero-order chi connectivity index (χ0) is 13.0. The van der Waals surface area contributed by atoms with E-state index in [4.69, 9.17) is 23.2 Å². The van der Waals surface area contributed by atoms with Gasteiger partial charge >= 0.3 is 0 Å². The highest BCUT2D eigenvalue weighted by molar-refractivity contribution is 6.31. The summed E-state index contributed by atoms with van der Waals surface area (Å²) in [6.07, 6.45) is 1.71. The average molecular weight is 279 g/mol. The molecule has 18 heavy (non-hydrogen) atoms. The zero-order valence-electron chi connectivity index (χ0n) is 9.82. The van der Waals surface area contributed by atoms with Crippen LogP contribution in [0.5, 0.6) is 0 Å². The first kappa shape index (κ1) is 12.9. The summed E-state index contributed by atoms with van der Waals surface area (Å²) in [6, 6.07) is 13.2. The molecule has 0 aliphatic rings. The molecule has 0 aliphatic heterocycles. The number of aryl methyl sites for hydroxylation is 1. The Labute approximate surface area is 116 Å². The maximum Gasteiger partial charge on any atom is 0.0576 e. The molecule has 0 saturated heterocycles. The first-order valence-electron chi connectivity index (χ1n) is 5.46. The largest absolute Gasteiger partial charge is 0.278 e. The van der Waals surface area contributed by atoms with Crippen molar-refractivity contribution in [3.63, 3.8) is 0 Å². The number of hydrogen-bond acceptors (Lipinski definition) is 2. The van der Waals surface area contributed by atoms with Crippen molar-refractivity contribution in [1.29, 1.82) is 0 Å². The van der Waals surface area contributed by atoms with Crippen LogP contribution in [0.15, 0.2) is 47.6 Å². The molecule has 0 heterocycles. The van der Waals surface area contributed by atoms with Crippen LogP contribution in [-0.2, 0) is 0 Å². The zero-order valence-corrected chi connectivity index (χ0v) is 11.3. The standard InChI is InChI=1S/C14H12Cl2N2/c1-10-5-6-13(8-14(10)16)18-17-9-11-3-2-4-12(15)7-11/h2-9,18H,1H3/b17-9+. The maximum absolute atomic E-state index is 6.02. The number of halogens is 2. The molecule has 0 saturated carbocycles. The molecule has 0 bridgehead atoms. The van der Waals surface area contributed by atoms with Crippen LogP contribution in [-0.4, -0.2) is 6.21 Å². The molecule has 0 radical (unpaired) electrons. The topological polar surface area (TPSA) is 24.4 Å². The quantitative estimate of drug-likeness (QED) is 0.636. The summed E-state index contributed by atoms with van der Waals surface area (Å²) in [6.45, 7) is 1.96. The predicted octanol–water partition coefficient (Wildman–Crippen LogP) is 4.75. The van der Waals surface area contributed by atoms with Crippen LogP contribution in [0.2, 0.25) is 10.0 Å². The molecule has 0 unspecified atom stereocenters. The summed E-state index contributed by atoms with van der Waals surface area (Å²) in [5, 5.41) is 5.54. The van der Waals surface area contributed by atoms with Gasteiger partial charge in [-0.3, -0.25) is 5.43 Å². The molecule has 1 N–H and O–H groups in total. The molecule has 2 aromatic carbocycles. The van der Waals surface area contributed by atoms with Gasteiger partial charge in [0.05, 0.1) is 11.9 Å². The second-order valence-electron chi connectivity index (χ2n) is 3.89. The Kier molecular flexibility index (Phi) is 4.24. The fourth-order valence-corrected chi connectivity index (χ4v) is 1.81. The van der Waals surface area contributed by atoms with Crippen LogP contribution < -0.4 is 5.43 Å². The Hall–Kier alpha value is -1.51. The summed E-state index contributed by atoms with van der Waals surface area (Å²) in [4.78, 5) is 0. The summed E-state index contributed by atoms with van der Waals surface area (Å²) < 4.78 is 0. The van der Waals surface area contributed by atoms with Crippen LogP contribution in [0.25, 0.3) is 0 Å². The number of hydrogen-bond donors (Lipinski definition) is 1. The summed E-state index contributed by atoms with van der Waals surface area (Å²) in [7, 11) is 0. The second kappa shape index (κ2) is 5.89. The van der Waals surface area contributed by atoms with E-state index in [1.807, 2.05) is 49.4 Å². The molecule has 4 heteroatoms. The fraction of sp³-hybridized carbons (Fsp3) is 0.0714. The molecular formula is C14H12Cl2N2. The molecule has 0 aliphatic carbocycles. The SMILES string of the molecule is Cc1ccc(N/N=C/c2cccc(Cl)c2)cc1Cl. The minimum atomic E-state index is 0.692. The van der Waals surface area contributed by atoms with Gasteiger partial charge in [0, 0.05) is 10.0 Å². The van der Waals surface area contributed by atoms with E-state index in [1.165, 1.54) is 0 Å². The number of benzene rings is 2. The number of rotatable bonds is 3. The monoisotopic (exact) mass is 278 g/mol. The Morgan fingerprint density at radius 3 is 2.67 bits per heavy atom. The minimum absolute atomic E-state index is 0.692. The van der Waals surface area contributed by atoms with E-state index in [9.17, 15) is 0 Å². The van der Waals surface area contributed by atoms with Gasteiger partial charge in [-0.15, -0.1) is 0 Å². The van der Waals surface area contributed by atoms with E-state index in [0.717, 1.165) is 21.8 Å². The van der Waals surface area contributed by atoms with E-state index < -0.39 is 0 Å². The van der Waals surface area contributed by atoms with E-state index in [-0.39, 0.29) is 0 Å². The number of nitrogens with one attached hydrogen (secondary N) is 1. The molecule has 2 rings (SSSR count). The maximum atomic E-state index is 6.02. The average Bonchev–Trinajstić information content (AvgIpc) is 2.34. The van der Waals surface area contributed by atoms with Gasteiger partial charge in [0.2, 0.25) is 0 Å². The van der Waals surface area contributed by atoms with Crippen LogP contribution in [0.4, 0.5) is 5.69 Å². The first-order chi connectivity index (χ1) is 8.65. The van der Waals surface area contributed by atoms with Gasteiger partial charge in [-0.25, -0.2) is 0 Å². The molecule has 92 valence electrons. The van der Waals surface area contributed by atoms with Gasteiger partial charge in [0.1, 0.15) is 0 Å². The molecule has 2 aromatic rings. The lowest BCUT2D eigenvalue weighted by Crippen LogP contribution is -1.91. The minimum Gasteiger partial charge on any atom is -0.278 e. The molecule has 2 nitrogen and oxygen atoms in total. The van der Waals surface area contributed by atoms with Crippen molar-refractivity contribution in [2.75, 3.05) is 5.43 Å². The fourth-order valence-electron chi connectivity index (χ4n) is 1.43. The van der Waals surface area contributed by atoms with Crippen LogP contribution in [0, 0.1) is 6.92 Å². The molecular weight excluding hydrogens is 267 g/mol. The second-order valence-corrected chi connectivity index (χ2v) is 4.73. The normalized spacial score (nSPS) is 10.8. The van der Waals surface area contributed by atoms with E-state index >= 15 is 0 Å². The van der Waals surface area contributed by atoms with E-state index in [0.29, 0.717) is 5.02 Å². The van der Waals surface area contributed by atoms with E-state index in [2.05, 4.69) is 10.5 Å². The van der Waals surface area contributed by atoms with Crippen molar-refractivity contribution in [2.45, 2.75) is 6.92 Å². The highest BCUT2D eigenvalue weighted by atomic mass is 35.5. The lowest BCUT2D eigenvalue weighted by atomic mass is 10.2. The molecule has 0 amide bonds. The Morgan fingerprint density at radius 1 is 1.11 bits per heavy atom. The number of hydrazone groups is 1. The van der Waals surface area contributed by atoms with Gasteiger partial charge in [-0.1, -0.05) is 41.4 Å². The van der Waals surface area contributed by atoms with Gasteiger partial charge in [-0.05, 0) is 42.3 Å². The molecule has 0 aromatic heterocycles. The Morgan fingerprint density at radius 2 is 1.94 bits per heavy atom. The van der Waals surface area contributed by atoms with Crippen LogP contribution >= 0.6 is 23.2 Å². The van der Waals surface area contributed by atoms with Crippen molar-refractivity contribution in [2.24, 2.45) is 5.10 Å². The Bertz CT molecular complexity index is 580. The summed E-state index contributed by atoms with van der Waals surface area (Å²) in [5.74, 6) is 0. The van der Waals surface area contributed by atoms with Crippen molar-refractivity contribution >= 4 is 35.1 Å². The summed E-state index contributed by atoms with van der Waals surface area (Å²) in [5.41, 5.74) is 5.75. The number of nitrogens with zero attached hydrogens (tertiary/aromatic N) is 1. The predicted molar refractivity (Wildman–Crippen MR) is 78.9 cm³/mol. The van der Waals surface area contributed by atoms with Crippen molar-refractivity contribution in [3.8, 4) is 0 Å². The van der Waals surface area contributed by atoms with Crippen LogP contribution in [0.1, 0.15) is 11.1 Å². The van der Waals surface area contributed by atoms with Gasteiger partial charge in [0.25, 0.3) is 0 Å². The third kappa shape index (κ3) is 3.49. The van der Waals surface area contributed by atoms with Crippen molar-refractivity contribution in [1.82, 2.24) is 0 Å².